The smallest absolute Gasteiger partial charge is 0.191 e. The molecular formula is C19H18ClN5O2. The molecule has 1 aromatic carbocycles. The average molecular weight is 384 g/mol. The summed E-state index contributed by atoms with van der Waals surface area (Å²) >= 11 is 6.02. The summed E-state index contributed by atoms with van der Waals surface area (Å²) in [7, 11) is 0. The van der Waals surface area contributed by atoms with Crippen LogP contribution in [0.5, 0.6) is 0 Å². The summed E-state index contributed by atoms with van der Waals surface area (Å²) in [5.74, 6) is 0.320. The third kappa shape index (κ3) is 4.05. The maximum atomic E-state index is 12.6. The van der Waals surface area contributed by atoms with Crippen molar-refractivity contribution < 1.29 is 9.53 Å². The number of ketones is 1. The summed E-state index contributed by atoms with van der Waals surface area (Å²) in [6, 6.07) is 9.60. The van der Waals surface area contributed by atoms with Gasteiger partial charge in [0.15, 0.2) is 16.8 Å². The second kappa shape index (κ2) is 7.96. The maximum absolute atomic E-state index is 12.6. The van der Waals surface area contributed by atoms with E-state index in [1.54, 1.807) is 12.3 Å². The molecule has 1 atom stereocenters. The van der Waals surface area contributed by atoms with Gasteiger partial charge in [0.25, 0.3) is 0 Å². The second-order valence-electron chi connectivity index (χ2n) is 6.22. The summed E-state index contributed by atoms with van der Waals surface area (Å²) in [5, 5.41) is 7.82. The van der Waals surface area contributed by atoms with Crippen molar-refractivity contribution in [2.45, 2.75) is 12.5 Å². The van der Waals surface area contributed by atoms with Gasteiger partial charge in [-0.25, -0.2) is 14.6 Å². The lowest BCUT2D eigenvalue weighted by molar-refractivity contribution is 0.0277. The minimum atomic E-state index is -0.0721. The van der Waals surface area contributed by atoms with Crippen LogP contribution in [0.4, 0.5) is 0 Å². The van der Waals surface area contributed by atoms with E-state index in [-0.39, 0.29) is 23.5 Å². The highest BCUT2D eigenvalue weighted by Gasteiger charge is 2.16. The molecule has 0 saturated carbocycles. The van der Waals surface area contributed by atoms with Gasteiger partial charge in [0, 0.05) is 38.1 Å². The summed E-state index contributed by atoms with van der Waals surface area (Å²) in [5.41, 5.74) is 2.40. The predicted molar refractivity (Wildman–Crippen MR) is 100 cm³/mol. The number of carbonyl (C=O) groups is 1. The Kier molecular flexibility index (Phi) is 5.24. The van der Waals surface area contributed by atoms with Crippen molar-refractivity contribution in [1.29, 1.82) is 0 Å². The molecule has 0 amide bonds. The lowest BCUT2D eigenvalue weighted by atomic mass is 10.0. The Morgan fingerprint density at radius 3 is 2.78 bits per heavy atom. The van der Waals surface area contributed by atoms with E-state index in [0.29, 0.717) is 18.1 Å². The van der Waals surface area contributed by atoms with Gasteiger partial charge in [-0.3, -0.25) is 4.79 Å². The largest absolute Gasteiger partial charge is 0.371 e. The molecule has 1 aliphatic rings. The van der Waals surface area contributed by atoms with Crippen LogP contribution in [0.15, 0.2) is 48.9 Å². The standard InChI is InChI=1S/C19H18ClN5O2/c20-18-19(23-7-6-22-18)25-9-5-15(24-25)16(26)11-13-1-3-14(4-2-13)17-12-21-8-10-27-17/h1-7,9,17,21H,8,10-12H2/t17-/m1/s1. The zero-order valence-electron chi connectivity index (χ0n) is 14.5. The number of benzene rings is 1. The van der Waals surface area contributed by atoms with Crippen LogP contribution < -0.4 is 5.32 Å². The highest BCUT2D eigenvalue weighted by Crippen LogP contribution is 2.20. The molecule has 7 nitrogen and oxygen atoms in total. The number of ether oxygens (including phenoxy) is 1. The molecular weight excluding hydrogens is 366 g/mol. The van der Waals surface area contributed by atoms with Crippen LogP contribution in [0.1, 0.15) is 27.7 Å². The van der Waals surface area contributed by atoms with Crippen molar-refractivity contribution in [3.05, 3.63) is 70.9 Å². The molecule has 1 fully saturated rings. The molecule has 3 heterocycles. The summed E-state index contributed by atoms with van der Waals surface area (Å²) < 4.78 is 7.20. The number of halogens is 1. The zero-order chi connectivity index (χ0) is 18.6. The molecule has 4 rings (SSSR count). The van der Waals surface area contributed by atoms with E-state index in [9.17, 15) is 4.79 Å². The van der Waals surface area contributed by atoms with Crippen LogP contribution in [0, 0.1) is 0 Å². The Labute approximate surface area is 161 Å². The van der Waals surface area contributed by atoms with Crippen LogP contribution in [0.25, 0.3) is 5.82 Å². The van der Waals surface area contributed by atoms with E-state index in [4.69, 9.17) is 16.3 Å². The topological polar surface area (TPSA) is 81.9 Å². The van der Waals surface area contributed by atoms with Crippen molar-refractivity contribution in [3.8, 4) is 5.82 Å². The highest BCUT2D eigenvalue weighted by atomic mass is 35.5. The van der Waals surface area contributed by atoms with Gasteiger partial charge < -0.3 is 10.1 Å². The molecule has 0 aliphatic carbocycles. The predicted octanol–water partition coefficient (Wildman–Crippen LogP) is 2.40. The van der Waals surface area contributed by atoms with Crippen LogP contribution in [-0.2, 0) is 11.2 Å². The van der Waals surface area contributed by atoms with Crippen molar-refractivity contribution in [1.82, 2.24) is 25.1 Å². The third-order valence-corrected chi connectivity index (χ3v) is 4.64. The molecule has 3 aromatic rings. The van der Waals surface area contributed by atoms with Crippen LogP contribution in [0.3, 0.4) is 0 Å². The molecule has 1 aliphatic heterocycles. The maximum Gasteiger partial charge on any atom is 0.191 e. The van der Waals surface area contributed by atoms with Crippen molar-refractivity contribution in [2.75, 3.05) is 19.7 Å². The van der Waals surface area contributed by atoms with E-state index >= 15 is 0 Å². The number of Topliss-reactive ketones (excluding diaryl/α,β-unsaturated/α-hetero) is 1. The zero-order valence-corrected chi connectivity index (χ0v) is 15.3. The number of nitrogens with zero attached hydrogens (tertiary/aromatic N) is 4. The van der Waals surface area contributed by atoms with Crippen molar-refractivity contribution >= 4 is 17.4 Å². The Bertz CT molecular complexity index is 935. The Balaban J connectivity index is 1.44. The number of hydrogen-bond donors (Lipinski definition) is 1. The lowest BCUT2D eigenvalue weighted by Crippen LogP contribution is -2.33. The first-order valence-corrected chi connectivity index (χ1v) is 9.05. The van der Waals surface area contributed by atoms with E-state index < -0.39 is 0 Å². The normalized spacial score (nSPS) is 17.0. The van der Waals surface area contributed by atoms with Gasteiger partial charge in [0.1, 0.15) is 5.69 Å². The molecule has 0 unspecified atom stereocenters. The molecule has 0 bridgehead atoms. The Morgan fingerprint density at radius 1 is 1.22 bits per heavy atom. The van der Waals surface area contributed by atoms with Crippen molar-refractivity contribution in [2.24, 2.45) is 0 Å². The van der Waals surface area contributed by atoms with Crippen molar-refractivity contribution in [3.63, 3.8) is 0 Å². The lowest BCUT2D eigenvalue weighted by Gasteiger charge is -2.24. The van der Waals surface area contributed by atoms with Gasteiger partial charge in [-0.2, -0.15) is 5.10 Å². The van der Waals surface area contributed by atoms with Crippen LogP contribution >= 0.6 is 11.6 Å². The molecule has 8 heteroatoms. The molecule has 0 radical (unpaired) electrons. The monoisotopic (exact) mass is 383 g/mol. The SMILES string of the molecule is O=C(Cc1ccc([C@H]2CNCCO2)cc1)c1ccn(-c2nccnc2Cl)n1. The second-order valence-corrected chi connectivity index (χ2v) is 6.58. The summed E-state index contributed by atoms with van der Waals surface area (Å²) in [6.07, 6.45) is 5.02. The minimum absolute atomic E-state index is 0.0657. The third-order valence-electron chi connectivity index (χ3n) is 4.37. The quantitative estimate of drug-likeness (QED) is 0.681. The van der Waals surface area contributed by atoms with Gasteiger partial charge in [0.05, 0.1) is 12.7 Å². The van der Waals surface area contributed by atoms with Crippen LogP contribution in [0.2, 0.25) is 5.15 Å². The molecule has 27 heavy (non-hydrogen) atoms. The minimum Gasteiger partial charge on any atom is -0.371 e. The number of nitrogens with one attached hydrogen (secondary N) is 1. The Hall–Kier alpha value is -2.61. The van der Waals surface area contributed by atoms with E-state index in [1.165, 1.54) is 17.1 Å². The van der Waals surface area contributed by atoms with E-state index in [1.807, 2.05) is 24.3 Å². The number of rotatable bonds is 5. The summed E-state index contributed by atoms with van der Waals surface area (Å²) in [6.45, 7) is 2.40. The van der Waals surface area contributed by atoms with E-state index in [2.05, 4.69) is 20.4 Å². The fourth-order valence-electron chi connectivity index (χ4n) is 2.96. The number of carbonyl (C=O) groups excluding carboxylic acids is 1. The first kappa shape index (κ1) is 17.8. The molecule has 1 N–H and O–H groups in total. The van der Waals surface area contributed by atoms with Crippen LogP contribution in [-0.4, -0.2) is 45.2 Å². The molecule has 138 valence electrons. The average Bonchev–Trinajstić information content (AvgIpc) is 3.20. The number of hydrogen-bond acceptors (Lipinski definition) is 6. The first-order valence-electron chi connectivity index (χ1n) is 8.67. The molecule has 2 aromatic heterocycles. The van der Waals surface area contributed by atoms with Gasteiger partial charge in [-0.15, -0.1) is 0 Å². The first-order chi connectivity index (χ1) is 13.2. The van der Waals surface area contributed by atoms with Gasteiger partial charge in [0.2, 0.25) is 0 Å². The Morgan fingerprint density at radius 2 is 2.04 bits per heavy atom. The fourth-order valence-corrected chi connectivity index (χ4v) is 3.16. The molecule has 0 spiro atoms. The fraction of sp³-hybridized carbons (Fsp3) is 0.263. The molecule has 1 saturated heterocycles. The van der Waals surface area contributed by atoms with Gasteiger partial charge in [-0.1, -0.05) is 35.9 Å². The summed E-state index contributed by atoms with van der Waals surface area (Å²) in [4.78, 5) is 20.7. The van der Waals surface area contributed by atoms with E-state index in [0.717, 1.165) is 24.2 Å². The number of morpholine rings is 1. The highest BCUT2D eigenvalue weighted by molar-refractivity contribution is 6.30. The number of aromatic nitrogens is 4. The van der Waals surface area contributed by atoms with Gasteiger partial charge in [-0.05, 0) is 17.2 Å². The van der Waals surface area contributed by atoms with Gasteiger partial charge >= 0.3 is 0 Å².